The van der Waals surface area contributed by atoms with Crippen LogP contribution < -0.4 is 10.5 Å². The lowest BCUT2D eigenvalue weighted by Gasteiger charge is -2.20. The van der Waals surface area contributed by atoms with E-state index in [0.29, 0.717) is 17.3 Å². The highest BCUT2D eigenvalue weighted by Crippen LogP contribution is 2.28. The summed E-state index contributed by atoms with van der Waals surface area (Å²) < 4.78 is 5.89. The zero-order valence-electron chi connectivity index (χ0n) is 13.0. The van der Waals surface area contributed by atoms with Gasteiger partial charge in [0.15, 0.2) is 0 Å². The first-order chi connectivity index (χ1) is 9.77. The smallest absolute Gasteiger partial charge is 0.122 e. The topological polar surface area (TPSA) is 35.2 Å². The molecule has 0 heterocycles. The van der Waals surface area contributed by atoms with Crippen molar-refractivity contribution in [2.45, 2.75) is 39.7 Å². The Bertz CT molecular complexity index is 644. The number of rotatable bonds is 3. The van der Waals surface area contributed by atoms with Crippen LogP contribution in [0.2, 0.25) is 5.02 Å². The first-order valence-corrected chi connectivity index (χ1v) is 7.43. The molecule has 2 N–H and O–H groups in total. The lowest BCUT2D eigenvalue weighted by Crippen LogP contribution is -2.11. The Morgan fingerprint density at radius 2 is 1.81 bits per heavy atom. The average Bonchev–Trinajstić information content (AvgIpc) is 2.40. The molecule has 0 aliphatic heterocycles. The molecule has 0 unspecified atom stereocenters. The SMILES string of the molecule is Cc1cc(C(C)(C)C)ccc1OCc1ccc(Cl)c(N)c1. The molecule has 21 heavy (non-hydrogen) atoms. The molecule has 0 fully saturated rings. The largest absolute Gasteiger partial charge is 0.489 e. The molecule has 0 spiro atoms. The fourth-order valence-corrected chi connectivity index (χ4v) is 2.24. The normalized spacial score (nSPS) is 11.5. The van der Waals surface area contributed by atoms with Crippen LogP contribution in [0.1, 0.15) is 37.5 Å². The van der Waals surface area contributed by atoms with E-state index in [1.807, 2.05) is 18.2 Å². The van der Waals surface area contributed by atoms with Crippen LogP contribution >= 0.6 is 11.6 Å². The van der Waals surface area contributed by atoms with Crippen molar-refractivity contribution in [3.05, 3.63) is 58.1 Å². The van der Waals surface area contributed by atoms with Crippen molar-refractivity contribution >= 4 is 17.3 Å². The van der Waals surface area contributed by atoms with E-state index >= 15 is 0 Å². The fraction of sp³-hybridized carbons (Fsp3) is 0.333. The highest BCUT2D eigenvalue weighted by molar-refractivity contribution is 6.33. The van der Waals surface area contributed by atoms with Gasteiger partial charge in [-0.1, -0.05) is 50.6 Å². The summed E-state index contributed by atoms with van der Waals surface area (Å²) in [7, 11) is 0. The van der Waals surface area contributed by atoms with Crippen LogP contribution in [-0.4, -0.2) is 0 Å². The second-order valence-electron chi connectivity index (χ2n) is 6.37. The van der Waals surface area contributed by atoms with Crippen molar-refractivity contribution < 1.29 is 4.74 Å². The maximum atomic E-state index is 5.92. The predicted octanol–water partition coefficient (Wildman–Crippen LogP) is 5.11. The van der Waals surface area contributed by atoms with Crippen molar-refractivity contribution in [3.8, 4) is 5.75 Å². The van der Waals surface area contributed by atoms with E-state index in [9.17, 15) is 0 Å². The van der Waals surface area contributed by atoms with Gasteiger partial charge in [0.05, 0.1) is 10.7 Å². The first kappa shape index (κ1) is 15.7. The van der Waals surface area contributed by atoms with Crippen LogP contribution in [0.4, 0.5) is 5.69 Å². The van der Waals surface area contributed by atoms with Crippen molar-refractivity contribution in [2.24, 2.45) is 0 Å². The second kappa shape index (κ2) is 5.98. The highest BCUT2D eigenvalue weighted by atomic mass is 35.5. The molecule has 0 aromatic heterocycles. The quantitative estimate of drug-likeness (QED) is 0.800. The molecule has 2 rings (SSSR count). The Morgan fingerprint density at radius 1 is 1.10 bits per heavy atom. The maximum Gasteiger partial charge on any atom is 0.122 e. The van der Waals surface area contributed by atoms with Gasteiger partial charge in [0.2, 0.25) is 0 Å². The molecule has 2 nitrogen and oxygen atoms in total. The van der Waals surface area contributed by atoms with E-state index in [2.05, 4.69) is 39.8 Å². The number of hydrogen-bond donors (Lipinski definition) is 1. The molecule has 0 saturated carbocycles. The van der Waals surface area contributed by atoms with Crippen molar-refractivity contribution in [2.75, 3.05) is 5.73 Å². The van der Waals surface area contributed by atoms with E-state index in [1.165, 1.54) is 5.56 Å². The Labute approximate surface area is 131 Å². The lowest BCUT2D eigenvalue weighted by molar-refractivity contribution is 0.304. The summed E-state index contributed by atoms with van der Waals surface area (Å²) >= 11 is 5.92. The van der Waals surface area contributed by atoms with E-state index in [0.717, 1.165) is 16.9 Å². The molecule has 0 bridgehead atoms. The molecule has 0 amide bonds. The number of halogens is 1. The van der Waals surface area contributed by atoms with Crippen molar-refractivity contribution in [3.63, 3.8) is 0 Å². The molecule has 0 saturated heterocycles. The summed E-state index contributed by atoms with van der Waals surface area (Å²) in [5, 5.41) is 0.574. The van der Waals surface area contributed by atoms with Crippen LogP contribution in [0.15, 0.2) is 36.4 Å². The number of anilines is 1. The third kappa shape index (κ3) is 3.92. The molecule has 0 atom stereocenters. The minimum absolute atomic E-state index is 0.147. The van der Waals surface area contributed by atoms with Crippen LogP contribution in [0.25, 0.3) is 0 Å². The molecule has 0 radical (unpaired) electrons. The number of nitrogens with two attached hydrogens (primary N) is 1. The number of aryl methyl sites for hydroxylation is 1. The van der Waals surface area contributed by atoms with Crippen LogP contribution in [-0.2, 0) is 12.0 Å². The van der Waals surface area contributed by atoms with Gasteiger partial charge in [-0.2, -0.15) is 0 Å². The van der Waals surface area contributed by atoms with E-state index in [1.54, 1.807) is 6.07 Å². The monoisotopic (exact) mass is 303 g/mol. The van der Waals surface area contributed by atoms with E-state index in [4.69, 9.17) is 22.1 Å². The Hall–Kier alpha value is -1.67. The molecule has 3 heteroatoms. The van der Waals surface area contributed by atoms with Crippen molar-refractivity contribution in [1.82, 2.24) is 0 Å². The average molecular weight is 304 g/mol. The minimum atomic E-state index is 0.147. The molecular weight excluding hydrogens is 282 g/mol. The predicted molar refractivity (Wildman–Crippen MR) is 90.1 cm³/mol. The summed E-state index contributed by atoms with van der Waals surface area (Å²) in [5.41, 5.74) is 9.99. The Balaban J connectivity index is 2.11. The van der Waals surface area contributed by atoms with Gasteiger partial charge in [-0.3, -0.25) is 0 Å². The zero-order valence-corrected chi connectivity index (χ0v) is 13.8. The van der Waals surface area contributed by atoms with E-state index < -0.39 is 0 Å². The summed E-state index contributed by atoms with van der Waals surface area (Å²) in [6, 6.07) is 11.9. The molecule has 2 aromatic rings. The fourth-order valence-electron chi connectivity index (χ4n) is 2.12. The third-order valence-electron chi connectivity index (χ3n) is 3.50. The summed E-state index contributed by atoms with van der Waals surface area (Å²) in [6.07, 6.45) is 0. The summed E-state index contributed by atoms with van der Waals surface area (Å²) in [5.74, 6) is 0.900. The third-order valence-corrected chi connectivity index (χ3v) is 3.84. The molecule has 2 aromatic carbocycles. The van der Waals surface area contributed by atoms with E-state index in [-0.39, 0.29) is 5.41 Å². The number of nitrogen functional groups attached to an aromatic ring is 1. The number of ether oxygens (including phenoxy) is 1. The highest BCUT2D eigenvalue weighted by Gasteiger charge is 2.14. The van der Waals surface area contributed by atoms with Gasteiger partial charge in [-0.15, -0.1) is 0 Å². The first-order valence-electron chi connectivity index (χ1n) is 7.05. The summed E-state index contributed by atoms with van der Waals surface area (Å²) in [6.45, 7) is 9.17. The van der Waals surface area contributed by atoms with Crippen LogP contribution in [0.5, 0.6) is 5.75 Å². The second-order valence-corrected chi connectivity index (χ2v) is 6.78. The zero-order chi connectivity index (χ0) is 15.6. The molecule has 112 valence electrons. The number of benzene rings is 2. The Kier molecular flexibility index (Phi) is 4.48. The van der Waals surface area contributed by atoms with Gasteiger partial charge in [0.25, 0.3) is 0 Å². The standard InChI is InChI=1S/C18H22ClNO/c1-12-9-14(18(2,3)4)6-8-17(12)21-11-13-5-7-15(19)16(20)10-13/h5-10H,11,20H2,1-4H3. The maximum absolute atomic E-state index is 5.92. The minimum Gasteiger partial charge on any atom is -0.489 e. The van der Waals surface area contributed by atoms with Gasteiger partial charge in [-0.05, 0) is 47.2 Å². The molecule has 0 aliphatic rings. The molecular formula is C18H22ClNO. The van der Waals surface area contributed by atoms with Gasteiger partial charge in [-0.25, -0.2) is 0 Å². The molecule has 0 aliphatic carbocycles. The van der Waals surface area contributed by atoms with Gasteiger partial charge >= 0.3 is 0 Å². The van der Waals surface area contributed by atoms with Crippen LogP contribution in [0.3, 0.4) is 0 Å². The lowest BCUT2D eigenvalue weighted by atomic mass is 9.86. The van der Waals surface area contributed by atoms with Gasteiger partial charge in [0, 0.05) is 0 Å². The van der Waals surface area contributed by atoms with Crippen molar-refractivity contribution in [1.29, 1.82) is 0 Å². The number of hydrogen-bond acceptors (Lipinski definition) is 2. The van der Waals surface area contributed by atoms with Gasteiger partial charge in [0.1, 0.15) is 12.4 Å². The van der Waals surface area contributed by atoms with Crippen LogP contribution in [0, 0.1) is 6.92 Å². The summed E-state index contributed by atoms with van der Waals surface area (Å²) in [4.78, 5) is 0. The van der Waals surface area contributed by atoms with Gasteiger partial charge < -0.3 is 10.5 Å². The Morgan fingerprint density at radius 3 is 2.38 bits per heavy atom.